The van der Waals surface area contributed by atoms with Crippen LogP contribution in [0.1, 0.15) is 10.7 Å². The molecule has 8 heteroatoms. The second-order valence-electron chi connectivity index (χ2n) is 4.71. The highest BCUT2D eigenvalue weighted by atomic mass is 32.1. The largest absolute Gasteiger partial charge is 0.495 e. The molecule has 1 aromatic carbocycles. The maximum atomic E-state index is 11.8. The molecule has 0 unspecified atom stereocenters. The molecule has 24 heavy (non-hydrogen) atoms. The van der Waals surface area contributed by atoms with Crippen LogP contribution in [0.5, 0.6) is 5.75 Å². The highest BCUT2D eigenvalue weighted by Crippen LogP contribution is 2.22. The predicted molar refractivity (Wildman–Crippen MR) is 93.2 cm³/mol. The van der Waals surface area contributed by atoms with Crippen LogP contribution in [-0.2, 0) is 4.79 Å². The number of nitrogens with zero attached hydrogens (tertiary/aromatic N) is 2. The number of thiazole rings is 1. The number of ether oxygens (including phenoxy) is 1. The fourth-order valence-electron chi connectivity index (χ4n) is 1.82. The molecule has 3 N–H and O–H groups in total. The number of rotatable bonds is 7. The van der Waals surface area contributed by atoms with Crippen LogP contribution in [0.25, 0.3) is 5.57 Å². The number of nitrogens with one attached hydrogen (secondary N) is 3. The van der Waals surface area contributed by atoms with Gasteiger partial charge in [0.05, 0.1) is 19.3 Å². The van der Waals surface area contributed by atoms with E-state index in [1.807, 2.05) is 36.6 Å². The summed E-state index contributed by atoms with van der Waals surface area (Å²) in [5, 5.41) is 14.6. The summed E-state index contributed by atoms with van der Waals surface area (Å²) in [4.78, 5) is 16.0. The average Bonchev–Trinajstić information content (AvgIpc) is 3.03. The number of amides is 1. The molecule has 1 amide bonds. The molecule has 0 saturated heterocycles. The first-order valence-corrected chi connectivity index (χ1v) is 7.96. The van der Waals surface area contributed by atoms with Gasteiger partial charge in [0.2, 0.25) is 0 Å². The van der Waals surface area contributed by atoms with Crippen molar-refractivity contribution in [3.8, 4) is 11.8 Å². The fraction of sp³-hybridized carbons (Fsp3) is 0.188. The number of anilines is 1. The van der Waals surface area contributed by atoms with Gasteiger partial charge in [-0.3, -0.25) is 10.2 Å². The molecule has 0 aliphatic carbocycles. The average molecular weight is 343 g/mol. The van der Waals surface area contributed by atoms with Crippen LogP contribution in [0, 0.1) is 18.3 Å². The molecule has 0 aliphatic heterocycles. The Morgan fingerprint density at radius 1 is 1.46 bits per heavy atom. The summed E-state index contributed by atoms with van der Waals surface area (Å²) in [7, 11) is 1.57. The van der Waals surface area contributed by atoms with E-state index in [1.54, 1.807) is 13.2 Å². The molecule has 0 fully saturated rings. The van der Waals surface area contributed by atoms with Crippen LogP contribution in [0.4, 0.5) is 5.69 Å². The summed E-state index contributed by atoms with van der Waals surface area (Å²) in [5.74, 6) is 0.369. The molecule has 1 heterocycles. The van der Waals surface area contributed by atoms with Crippen molar-refractivity contribution >= 4 is 28.5 Å². The van der Waals surface area contributed by atoms with Gasteiger partial charge < -0.3 is 15.5 Å². The first-order valence-electron chi connectivity index (χ1n) is 7.08. The van der Waals surface area contributed by atoms with E-state index in [2.05, 4.69) is 21.2 Å². The maximum absolute atomic E-state index is 11.8. The standard InChI is InChI=1S/C16H17N5O2S/c1-11-10-24-16(20-11)12(7-17)8-19-21-15(22)9-18-13-5-3-4-6-14(13)23-2/h3-6,8,10,18-19H,9H2,1-2H3,(H,21,22)/b12-8+. The van der Waals surface area contributed by atoms with E-state index in [0.29, 0.717) is 16.3 Å². The minimum absolute atomic E-state index is 0.0550. The van der Waals surface area contributed by atoms with Gasteiger partial charge in [0.15, 0.2) is 0 Å². The predicted octanol–water partition coefficient (Wildman–Crippen LogP) is 2.06. The smallest absolute Gasteiger partial charge is 0.257 e. The van der Waals surface area contributed by atoms with Crippen LogP contribution in [-0.4, -0.2) is 24.5 Å². The topological polar surface area (TPSA) is 99.1 Å². The van der Waals surface area contributed by atoms with Crippen molar-refractivity contribution in [2.75, 3.05) is 19.0 Å². The SMILES string of the molecule is COc1ccccc1NCC(=O)NN/C=C(\C#N)c1nc(C)cs1. The van der Waals surface area contributed by atoms with Gasteiger partial charge in [0.1, 0.15) is 22.4 Å². The van der Waals surface area contributed by atoms with E-state index < -0.39 is 0 Å². The summed E-state index contributed by atoms with van der Waals surface area (Å²) in [6.07, 6.45) is 1.42. The lowest BCUT2D eigenvalue weighted by atomic mass is 10.3. The summed E-state index contributed by atoms with van der Waals surface area (Å²) in [6.45, 7) is 1.91. The quantitative estimate of drug-likeness (QED) is 0.526. The van der Waals surface area contributed by atoms with Crippen molar-refractivity contribution < 1.29 is 9.53 Å². The van der Waals surface area contributed by atoms with Crippen molar-refractivity contribution in [2.45, 2.75) is 6.92 Å². The third-order valence-electron chi connectivity index (χ3n) is 2.94. The van der Waals surface area contributed by atoms with Crippen LogP contribution in [0.15, 0.2) is 35.8 Å². The normalized spacial score (nSPS) is 10.6. The number of hydrazine groups is 1. The molecule has 0 bridgehead atoms. The first-order chi connectivity index (χ1) is 11.6. The Bertz CT molecular complexity index is 779. The molecule has 0 spiro atoms. The van der Waals surface area contributed by atoms with E-state index in [4.69, 9.17) is 10.00 Å². The van der Waals surface area contributed by atoms with E-state index in [9.17, 15) is 4.79 Å². The van der Waals surface area contributed by atoms with E-state index >= 15 is 0 Å². The zero-order valence-corrected chi connectivity index (χ0v) is 14.1. The minimum atomic E-state index is -0.287. The Balaban J connectivity index is 1.85. The third-order valence-corrected chi connectivity index (χ3v) is 3.94. The molecule has 124 valence electrons. The van der Waals surface area contributed by atoms with Gasteiger partial charge in [-0.1, -0.05) is 12.1 Å². The Morgan fingerprint density at radius 2 is 2.25 bits per heavy atom. The number of hydrogen-bond donors (Lipinski definition) is 3. The van der Waals surface area contributed by atoms with Gasteiger partial charge in [-0.05, 0) is 19.1 Å². The van der Waals surface area contributed by atoms with Gasteiger partial charge >= 0.3 is 0 Å². The first kappa shape index (κ1) is 17.3. The Labute approximate surface area is 144 Å². The molecule has 1 aromatic heterocycles. The van der Waals surface area contributed by atoms with Crippen molar-refractivity contribution in [1.82, 2.24) is 15.8 Å². The lowest BCUT2D eigenvalue weighted by molar-refractivity contribution is -0.120. The molecule has 0 saturated carbocycles. The van der Waals surface area contributed by atoms with Gasteiger partial charge in [-0.25, -0.2) is 4.98 Å². The van der Waals surface area contributed by atoms with E-state index in [-0.39, 0.29) is 12.5 Å². The summed E-state index contributed by atoms with van der Waals surface area (Å²) in [6, 6.07) is 9.35. The number of aryl methyl sites for hydroxylation is 1. The van der Waals surface area contributed by atoms with Gasteiger partial charge in [-0.15, -0.1) is 11.3 Å². The number of carbonyl (C=O) groups is 1. The fourth-order valence-corrected chi connectivity index (χ4v) is 2.58. The van der Waals surface area contributed by atoms with Crippen LogP contribution >= 0.6 is 11.3 Å². The molecule has 0 aliphatic rings. The number of carbonyl (C=O) groups excluding carboxylic acids is 1. The number of para-hydroxylation sites is 2. The van der Waals surface area contributed by atoms with Crippen LogP contribution in [0.2, 0.25) is 0 Å². The molecular weight excluding hydrogens is 326 g/mol. The number of methoxy groups -OCH3 is 1. The monoisotopic (exact) mass is 343 g/mol. The maximum Gasteiger partial charge on any atom is 0.257 e. The Morgan fingerprint density at radius 3 is 2.92 bits per heavy atom. The number of hydrogen-bond acceptors (Lipinski definition) is 7. The van der Waals surface area contributed by atoms with E-state index in [1.165, 1.54) is 17.5 Å². The number of allylic oxidation sites excluding steroid dienone is 1. The molecule has 2 rings (SSSR count). The molecule has 2 aromatic rings. The highest BCUT2D eigenvalue weighted by Gasteiger charge is 2.06. The zero-order valence-electron chi connectivity index (χ0n) is 13.3. The van der Waals surface area contributed by atoms with Gasteiger partial charge in [0.25, 0.3) is 5.91 Å². The van der Waals surface area contributed by atoms with Gasteiger partial charge in [-0.2, -0.15) is 5.26 Å². The van der Waals surface area contributed by atoms with Crippen molar-refractivity contribution in [3.63, 3.8) is 0 Å². The second-order valence-corrected chi connectivity index (χ2v) is 5.57. The lowest BCUT2D eigenvalue weighted by Crippen LogP contribution is -2.37. The second kappa shape index (κ2) is 8.55. The van der Waals surface area contributed by atoms with Crippen molar-refractivity contribution in [2.24, 2.45) is 0 Å². The zero-order chi connectivity index (χ0) is 17.4. The van der Waals surface area contributed by atoms with Gasteiger partial charge in [0, 0.05) is 17.3 Å². The van der Waals surface area contributed by atoms with Crippen LogP contribution in [0.3, 0.4) is 0 Å². The number of nitriles is 1. The minimum Gasteiger partial charge on any atom is -0.495 e. The number of aromatic nitrogens is 1. The van der Waals surface area contributed by atoms with Crippen LogP contribution < -0.4 is 20.9 Å². The lowest BCUT2D eigenvalue weighted by Gasteiger charge is -2.10. The molecular formula is C16H17N5O2S. The summed E-state index contributed by atoms with van der Waals surface area (Å²) in [5.41, 5.74) is 7.03. The summed E-state index contributed by atoms with van der Waals surface area (Å²) < 4.78 is 5.19. The molecule has 0 radical (unpaired) electrons. The summed E-state index contributed by atoms with van der Waals surface area (Å²) >= 11 is 1.37. The van der Waals surface area contributed by atoms with Crippen molar-refractivity contribution in [1.29, 1.82) is 5.26 Å². The van der Waals surface area contributed by atoms with E-state index in [0.717, 1.165) is 11.4 Å². The highest BCUT2D eigenvalue weighted by molar-refractivity contribution is 7.10. The van der Waals surface area contributed by atoms with Crippen molar-refractivity contribution in [3.05, 3.63) is 46.5 Å². The third kappa shape index (κ3) is 4.72. The Hall–Kier alpha value is -3.05. The molecule has 0 atom stereocenters. The Kier molecular flexibility index (Phi) is 6.16. The number of benzene rings is 1. The molecule has 7 nitrogen and oxygen atoms in total.